The van der Waals surface area contributed by atoms with Crippen molar-refractivity contribution in [2.45, 2.75) is 33.3 Å². The SMILES string of the molecule is COc1c(C)cnc(CC(O)c2nc(C)cs2)c1C. The zero-order valence-corrected chi connectivity index (χ0v) is 12.4. The Bertz CT molecular complexity index is 581. The van der Waals surface area contributed by atoms with Gasteiger partial charge in [-0.25, -0.2) is 4.98 Å². The molecule has 5 heteroatoms. The topological polar surface area (TPSA) is 55.2 Å². The van der Waals surface area contributed by atoms with Crippen LogP contribution in [0.3, 0.4) is 0 Å². The number of ether oxygens (including phenoxy) is 1. The summed E-state index contributed by atoms with van der Waals surface area (Å²) in [5.74, 6) is 0.840. The van der Waals surface area contributed by atoms with E-state index in [-0.39, 0.29) is 0 Å². The van der Waals surface area contributed by atoms with Crippen LogP contribution in [0.5, 0.6) is 5.75 Å². The molecule has 19 heavy (non-hydrogen) atoms. The second kappa shape index (κ2) is 5.67. The molecular formula is C14H18N2O2S. The number of methoxy groups -OCH3 is 1. The number of nitrogens with zero attached hydrogens (tertiary/aromatic N) is 2. The first kappa shape index (κ1) is 14.0. The van der Waals surface area contributed by atoms with Crippen molar-refractivity contribution in [3.63, 3.8) is 0 Å². The molecule has 2 aromatic rings. The Morgan fingerprint density at radius 2 is 2.11 bits per heavy atom. The number of aryl methyl sites for hydroxylation is 2. The summed E-state index contributed by atoms with van der Waals surface area (Å²) in [7, 11) is 1.65. The van der Waals surface area contributed by atoms with E-state index in [1.807, 2.05) is 26.2 Å². The quantitative estimate of drug-likeness (QED) is 0.934. The van der Waals surface area contributed by atoms with E-state index in [2.05, 4.69) is 9.97 Å². The summed E-state index contributed by atoms with van der Waals surface area (Å²) in [6.07, 6.45) is 1.62. The third kappa shape index (κ3) is 2.93. The Hall–Kier alpha value is -1.46. The van der Waals surface area contributed by atoms with Crippen LogP contribution >= 0.6 is 11.3 Å². The third-order valence-corrected chi connectivity index (χ3v) is 4.12. The molecule has 2 aromatic heterocycles. The van der Waals surface area contributed by atoms with Crippen LogP contribution in [0.1, 0.15) is 33.6 Å². The third-order valence-electron chi connectivity index (χ3n) is 3.06. The summed E-state index contributed by atoms with van der Waals surface area (Å²) in [4.78, 5) is 8.70. The van der Waals surface area contributed by atoms with Gasteiger partial charge in [-0.3, -0.25) is 4.98 Å². The second-order valence-corrected chi connectivity index (χ2v) is 5.48. The number of hydrogen-bond acceptors (Lipinski definition) is 5. The van der Waals surface area contributed by atoms with Crippen molar-refractivity contribution in [3.05, 3.63) is 39.1 Å². The van der Waals surface area contributed by atoms with Gasteiger partial charge >= 0.3 is 0 Å². The van der Waals surface area contributed by atoms with E-state index in [0.29, 0.717) is 6.42 Å². The van der Waals surface area contributed by atoms with E-state index >= 15 is 0 Å². The maximum absolute atomic E-state index is 10.2. The van der Waals surface area contributed by atoms with Gasteiger partial charge in [0.05, 0.1) is 7.11 Å². The zero-order chi connectivity index (χ0) is 14.0. The van der Waals surface area contributed by atoms with Crippen molar-refractivity contribution in [1.82, 2.24) is 9.97 Å². The first-order valence-corrected chi connectivity index (χ1v) is 7.00. The van der Waals surface area contributed by atoms with Crippen LogP contribution < -0.4 is 4.74 Å². The Morgan fingerprint density at radius 1 is 1.37 bits per heavy atom. The van der Waals surface area contributed by atoms with Crippen molar-refractivity contribution in [1.29, 1.82) is 0 Å². The van der Waals surface area contributed by atoms with Gasteiger partial charge in [-0.2, -0.15) is 0 Å². The maximum atomic E-state index is 10.2. The van der Waals surface area contributed by atoms with Gasteiger partial charge in [-0.1, -0.05) is 0 Å². The fourth-order valence-electron chi connectivity index (χ4n) is 2.07. The van der Waals surface area contributed by atoms with E-state index in [1.54, 1.807) is 13.3 Å². The van der Waals surface area contributed by atoms with Crippen molar-refractivity contribution in [3.8, 4) is 5.75 Å². The van der Waals surface area contributed by atoms with Crippen molar-refractivity contribution in [2.75, 3.05) is 7.11 Å². The molecule has 1 N–H and O–H groups in total. The first-order valence-electron chi connectivity index (χ1n) is 6.12. The summed E-state index contributed by atoms with van der Waals surface area (Å²) < 4.78 is 5.37. The molecule has 2 rings (SSSR count). The normalized spacial score (nSPS) is 12.5. The molecule has 1 unspecified atom stereocenters. The summed E-state index contributed by atoms with van der Waals surface area (Å²) >= 11 is 1.48. The number of rotatable bonds is 4. The van der Waals surface area contributed by atoms with Gasteiger partial charge < -0.3 is 9.84 Å². The van der Waals surface area contributed by atoms with Crippen LogP contribution in [0.15, 0.2) is 11.6 Å². The summed E-state index contributed by atoms with van der Waals surface area (Å²) in [5.41, 5.74) is 3.77. The molecule has 0 aliphatic heterocycles. The van der Waals surface area contributed by atoms with E-state index < -0.39 is 6.10 Å². The van der Waals surface area contributed by atoms with Crippen LogP contribution in [0.2, 0.25) is 0 Å². The van der Waals surface area contributed by atoms with Crippen molar-refractivity contribution >= 4 is 11.3 Å². The highest BCUT2D eigenvalue weighted by atomic mass is 32.1. The predicted molar refractivity (Wildman–Crippen MR) is 75.8 cm³/mol. The van der Waals surface area contributed by atoms with Gasteiger partial charge in [0.15, 0.2) is 0 Å². The van der Waals surface area contributed by atoms with E-state index in [9.17, 15) is 5.11 Å². The molecule has 1 atom stereocenters. The smallest absolute Gasteiger partial charge is 0.128 e. The molecule has 0 amide bonds. The Kier molecular flexibility index (Phi) is 4.17. The molecule has 0 radical (unpaired) electrons. The molecule has 0 saturated carbocycles. The molecule has 4 nitrogen and oxygen atoms in total. The standard InChI is InChI=1S/C14H18N2O2S/c1-8-6-15-11(10(3)13(8)18-4)5-12(17)14-16-9(2)7-19-14/h6-7,12,17H,5H2,1-4H3. The molecule has 0 aromatic carbocycles. The minimum atomic E-state index is -0.614. The van der Waals surface area contributed by atoms with Gasteiger partial charge in [0.1, 0.15) is 16.9 Å². The molecule has 0 aliphatic rings. The highest BCUT2D eigenvalue weighted by molar-refractivity contribution is 7.09. The molecule has 0 aliphatic carbocycles. The fourth-order valence-corrected chi connectivity index (χ4v) is 2.85. The average Bonchev–Trinajstić information content (AvgIpc) is 2.80. The van der Waals surface area contributed by atoms with E-state index in [4.69, 9.17) is 4.74 Å². The summed E-state index contributed by atoms with van der Waals surface area (Å²) in [6, 6.07) is 0. The van der Waals surface area contributed by atoms with Crippen molar-refractivity contribution < 1.29 is 9.84 Å². The lowest BCUT2D eigenvalue weighted by Gasteiger charge is -2.14. The van der Waals surface area contributed by atoms with Gasteiger partial charge in [0.25, 0.3) is 0 Å². The monoisotopic (exact) mass is 278 g/mol. The lowest BCUT2D eigenvalue weighted by molar-refractivity contribution is 0.176. The largest absolute Gasteiger partial charge is 0.496 e. The maximum Gasteiger partial charge on any atom is 0.128 e. The lowest BCUT2D eigenvalue weighted by atomic mass is 10.1. The fraction of sp³-hybridized carbons (Fsp3) is 0.429. The Balaban J connectivity index is 2.24. The van der Waals surface area contributed by atoms with Crippen LogP contribution in [-0.2, 0) is 6.42 Å². The highest BCUT2D eigenvalue weighted by Crippen LogP contribution is 2.28. The highest BCUT2D eigenvalue weighted by Gasteiger charge is 2.17. The number of pyridine rings is 1. The van der Waals surface area contributed by atoms with Gasteiger partial charge in [0.2, 0.25) is 0 Å². The van der Waals surface area contributed by atoms with E-state index in [0.717, 1.165) is 33.3 Å². The zero-order valence-electron chi connectivity index (χ0n) is 11.6. The molecule has 0 spiro atoms. The predicted octanol–water partition coefficient (Wildman–Crippen LogP) is 2.75. The number of aliphatic hydroxyl groups excluding tert-OH is 1. The summed E-state index contributed by atoms with van der Waals surface area (Å²) in [5, 5.41) is 12.9. The average molecular weight is 278 g/mol. The van der Waals surface area contributed by atoms with E-state index in [1.165, 1.54) is 11.3 Å². The molecular weight excluding hydrogens is 260 g/mol. The number of hydrogen-bond donors (Lipinski definition) is 1. The first-order chi connectivity index (χ1) is 9.02. The molecule has 0 saturated heterocycles. The Labute approximate surface area is 117 Å². The molecule has 0 fully saturated rings. The van der Waals surface area contributed by atoms with Crippen molar-refractivity contribution in [2.24, 2.45) is 0 Å². The number of aliphatic hydroxyl groups is 1. The van der Waals surface area contributed by atoms with Gasteiger partial charge in [-0.15, -0.1) is 11.3 Å². The van der Waals surface area contributed by atoms with Gasteiger partial charge in [0, 0.05) is 40.5 Å². The number of thiazole rings is 1. The van der Waals surface area contributed by atoms with Gasteiger partial charge in [-0.05, 0) is 20.8 Å². The van der Waals surface area contributed by atoms with Crippen LogP contribution in [-0.4, -0.2) is 22.2 Å². The molecule has 2 heterocycles. The minimum absolute atomic E-state index is 0.454. The van der Waals surface area contributed by atoms with Crippen LogP contribution in [0.25, 0.3) is 0 Å². The minimum Gasteiger partial charge on any atom is -0.496 e. The second-order valence-electron chi connectivity index (χ2n) is 4.59. The molecule has 0 bridgehead atoms. The number of aromatic nitrogens is 2. The Morgan fingerprint density at radius 3 is 2.68 bits per heavy atom. The summed E-state index contributed by atoms with van der Waals surface area (Å²) in [6.45, 7) is 5.85. The van der Waals surface area contributed by atoms with Crippen LogP contribution in [0.4, 0.5) is 0 Å². The lowest BCUT2D eigenvalue weighted by Crippen LogP contribution is -2.06. The molecule has 102 valence electrons. The van der Waals surface area contributed by atoms with Crippen LogP contribution in [0, 0.1) is 20.8 Å².